The summed E-state index contributed by atoms with van der Waals surface area (Å²) in [6, 6.07) is 38.6. The Balaban J connectivity index is 0.000000495. The van der Waals surface area contributed by atoms with Crippen molar-refractivity contribution >= 4 is 11.6 Å². The van der Waals surface area contributed by atoms with Crippen molar-refractivity contribution in [1.29, 1.82) is 0 Å². The zero-order chi connectivity index (χ0) is 32.0. The topological polar surface area (TPSA) is 0 Å². The number of halogens is 1. The fourth-order valence-electron chi connectivity index (χ4n) is 4.01. The summed E-state index contributed by atoms with van der Waals surface area (Å²) in [4.78, 5) is 0. The molecule has 0 radical (unpaired) electrons. The van der Waals surface area contributed by atoms with E-state index >= 15 is 0 Å². The second-order valence-corrected chi connectivity index (χ2v) is 11.9. The molecule has 1 aliphatic rings. The molecule has 1 aliphatic carbocycles. The second-order valence-electron chi connectivity index (χ2n) is 11.4. The summed E-state index contributed by atoms with van der Waals surface area (Å²) in [5, 5.41) is 0.794. The molecule has 0 saturated heterocycles. The molecule has 43 heavy (non-hydrogen) atoms. The lowest BCUT2D eigenvalue weighted by atomic mass is 10.0. The smallest absolute Gasteiger partial charge is 0.0405 e. The van der Waals surface area contributed by atoms with Gasteiger partial charge in [0.25, 0.3) is 0 Å². The predicted octanol–water partition coefficient (Wildman–Crippen LogP) is 14.4. The molecule has 0 bridgehead atoms. The lowest BCUT2D eigenvalue weighted by molar-refractivity contribution is 0.504. The fraction of sp³-hybridized carbons (Fsp3) is 0.429. The van der Waals surface area contributed by atoms with Crippen LogP contribution in [0.1, 0.15) is 120 Å². The molecule has 0 nitrogen and oxygen atoms in total. The van der Waals surface area contributed by atoms with Gasteiger partial charge in [0.2, 0.25) is 0 Å². The van der Waals surface area contributed by atoms with Crippen molar-refractivity contribution in [3.8, 4) is 0 Å². The van der Waals surface area contributed by atoms with Gasteiger partial charge in [0, 0.05) is 5.02 Å². The Morgan fingerprint density at radius 2 is 0.814 bits per heavy atom. The minimum absolute atomic E-state index is 0.659. The minimum atomic E-state index is 0.659. The van der Waals surface area contributed by atoms with Gasteiger partial charge >= 0.3 is 0 Å². The van der Waals surface area contributed by atoms with Crippen molar-refractivity contribution in [3.63, 3.8) is 0 Å². The molecule has 236 valence electrons. The first kappa shape index (κ1) is 40.2. The molecular weight excluding hydrogens is 540 g/mol. The number of benzene rings is 4. The third kappa shape index (κ3) is 26.5. The first-order valence-electron chi connectivity index (χ1n) is 16.6. The molecule has 1 saturated carbocycles. The van der Waals surface area contributed by atoms with Gasteiger partial charge in [0.1, 0.15) is 0 Å². The number of unbranched alkanes of at least 4 members (excludes halogenated alkanes) is 3. The molecule has 4 aromatic rings. The van der Waals surface area contributed by atoms with Gasteiger partial charge in [0.15, 0.2) is 0 Å². The molecule has 4 aromatic carbocycles. The van der Waals surface area contributed by atoms with Crippen molar-refractivity contribution in [2.24, 2.45) is 0 Å². The predicted molar refractivity (Wildman–Crippen MR) is 197 cm³/mol. The van der Waals surface area contributed by atoms with E-state index in [4.69, 9.17) is 11.6 Å². The first-order chi connectivity index (χ1) is 20.8. The lowest BCUT2D eigenvalue weighted by Gasteiger charge is -2.05. The minimum Gasteiger partial charge on any atom is -0.0843 e. The van der Waals surface area contributed by atoms with E-state index in [1.807, 2.05) is 54.6 Å². The van der Waals surface area contributed by atoms with Crippen LogP contribution >= 0.6 is 11.6 Å². The van der Waals surface area contributed by atoms with Crippen LogP contribution in [0.5, 0.6) is 0 Å². The molecule has 5 rings (SSSR count). The summed E-state index contributed by atoms with van der Waals surface area (Å²) in [5.74, 6) is 0.659. The van der Waals surface area contributed by atoms with E-state index in [1.165, 1.54) is 86.5 Å². The zero-order valence-electron chi connectivity index (χ0n) is 28.5. The van der Waals surface area contributed by atoms with E-state index in [-0.39, 0.29) is 0 Å². The fourth-order valence-corrected chi connectivity index (χ4v) is 4.16. The van der Waals surface area contributed by atoms with Gasteiger partial charge in [-0.3, -0.25) is 0 Å². The molecule has 0 heterocycles. The van der Waals surface area contributed by atoms with Crippen LogP contribution in [-0.2, 0) is 0 Å². The molecule has 1 fully saturated rings. The molecular formula is C42H61Cl. The van der Waals surface area contributed by atoms with Gasteiger partial charge in [-0.15, -0.1) is 0 Å². The maximum atomic E-state index is 5.54. The zero-order valence-corrected chi connectivity index (χ0v) is 29.3. The number of hydrogen-bond acceptors (Lipinski definition) is 0. The first-order valence-corrected chi connectivity index (χ1v) is 17.0. The van der Waals surface area contributed by atoms with Crippen molar-refractivity contribution in [2.75, 3.05) is 0 Å². The van der Waals surface area contributed by atoms with Gasteiger partial charge in [-0.25, -0.2) is 0 Å². The molecule has 0 N–H and O–H groups in total. The van der Waals surface area contributed by atoms with E-state index in [0.717, 1.165) is 5.02 Å². The van der Waals surface area contributed by atoms with Crippen molar-refractivity contribution in [2.45, 2.75) is 119 Å². The maximum Gasteiger partial charge on any atom is 0.0405 e. The Bertz CT molecular complexity index is 1010. The van der Waals surface area contributed by atoms with Crippen LogP contribution in [0.2, 0.25) is 5.02 Å². The van der Waals surface area contributed by atoms with Gasteiger partial charge in [-0.2, -0.15) is 0 Å². The Kier molecular flexibility index (Phi) is 27.3. The van der Waals surface area contributed by atoms with Crippen LogP contribution in [0, 0.1) is 20.8 Å². The summed E-state index contributed by atoms with van der Waals surface area (Å²) < 4.78 is 0. The Labute approximate surface area is 271 Å². The molecule has 0 atom stereocenters. The van der Waals surface area contributed by atoms with Crippen LogP contribution in [-0.4, -0.2) is 0 Å². The molecule has 0 aromatic heterocycles. The van der Waals surface area contributed by atoms with E-state index in [2.05, 4.69) is 109 Å². The van der Waals surface area contributed by atoms with Gasteiger partial charge < -0.3 is 0 Å². The third-order valence-corrected chi connectivity index (χ3v) is 7.27. The lowest BCUT2D eigenvalue weighted by Crippen LogP contribution is -1.85. The maximum absolute atomic E-state index is 5.54. The van der Waals surface area contributed by atoms with Crippen molar-refractivity contribution < 1.29 is 0 Å². The highest BCUT2D eigenvalue weighted by Crippen LogP contribution is 2.15. The van der Waals surface area contributed by atoms with E-state index in [0.29, 0.717) is 5.92 Å². The summed E-state index contributed by atoms with van der Waals surface area (Å²) in [6.07, 6.45) is 14.5. The summed E-state index contributed by atoms with van der Waals surface area (Å²) in [7, 11) is 0. The highest BCUT2D eigenvalue weighted by Gasteiger charge is 1.95. The van der Waals surface area contributed by atoms with E-state index in [1.54, 1.807) is 0 Å². The van der Waals surface area contributed by atoms with Crippen LogP contribution in [0.25, 0.3) is 0 Å². The average Bonchev–Trinajstić information content (AvgIpc) is 3.05. The van der Waals surface area contributed by atoms with Crippen molar-refractivity contribution in [1.82, 2.24) is 0 Å². The summed E-state index contributed by atoms with van der Waals surface area (Å²) >= 11 is 5.54. The van der Waals surface area contributed by atoms with Crippen molar-refractivity contribution in [3.05, 3.63) is 143 Å². The second kappa shape index (κ2) is 29.3. The number of aryl methyl sites for hydroxylation is 3. The standard InChI is InChI=1S/C9H12.C8H10.C7H8.C6H5Cl.C6H12.C6H14/c1-8(2)9-6-4-3-5-7-9;1-7-5-3-4-6-8(7)2;1-7-5-3-2-4-6-7;7-6-4-2-1-3-5-6;1-2-4-6-5-3-1;1-3-5-6-4-2/h3-8H,1-2H3;3-6H,1-2H3;2-6H,1H3;1-5H;1-6H2;3-6H2,1-2H3. The molecule has 0 aliphatic heterocycles. The molecule has 1 heteroatoms. The Morgan fingerprint density at radius 3 is 1.02 bits per heavy atom. The highest BCUT2D eigenvalue weighted by molar-refractivity contribution is 6.30. The van der Waals surface area contributed by atoms with Crippen LogP contribution in [0.15, 0.2) is 115 Å². The number of hydrogen-bond donors (Lipinski definition) is 0. The molecule has 0 unspecified atom stereocenters. The van der Waals surface area contributed by atoms with Gasteiger partial charge in [-0.1, -0.05) is 212 Å². The monoisotopic (exact) mass is 600 g/mol. The average molecular weight is 601 g/mol. The SMILES string of the molecule is C1CCCCC1.CC(C)c1ccccc1.CCCCCC.Cc1ccccc1.Cc1ccccc1C.Clc1ccccc1. The van der Waals surface area contributed by atoms with Crippen LogP contribution < -0.4 is 0 Å². The molecule has 0 spiro atoms. The van der Waals surface area contributed by atoms with E-state index < -0.39 is 0 Å². The molecule has 0 amide bonds. The van der Waals surface area contributed by atoms with E-state index in [9.17, 15) is 0 Å². The Hall–Kier alpha value is -2.83. The largest absolute Gasteiger partial charge is 0.0843 e. The van der Waals surface area contributed by atoms with Gasteiger partial charge in [0.05, 0.1) is 0 Å². The Morgan fingerprint density at radius 1 is 0.488 bits per heavy atom. The van der Waals surface area contributed by atoms with Gasteiger partial charge in [-0.05, 0) is 55.5 Å². The third-order valence-electron chi connectivity index (χ3n) is 7.02. The summed E-state index contributed by atoms with van der Waals surface area (Å²) in [5.41, 5.74) is 5.47. The quantitative estimate of drug-likeness (QED) is 0.204. The number of rotatable bonds is 4. The summed E-state index contributed by atoms with van der Waals surface area (Å²) in [6.45, 7) is 15.2. The van der Waals surface area contributed by atoms with Crippen LogP contribution in [0.4, 0.5) is 0 Å². The van der Waals surface area contributed by atoms with Crippen LogP contribution in [0.3, 0.4) is 0 Å². The normalized spacial score (nSPS) is 11.3. The highest BCUT2D eigenvalue weighted by atomic mass is 35.5.